The second-order valence-electron chi connectivity index (χ2n) is 7.56. The van der Waals surface area contributed by atoms with Crippen LogP contribution in [-0.2, 0) is 0 Å². The number of rotatable bonds is 6. The summed E-state index contributed by atoms with van der Waals surface area (Å²) in [4.78, 5) is 17.9. The first-order valence-corrected chi connectivity index (χ1v) is 11.3. The lowest BCUT2D eigenvalue weighted by atomic mass is 10.0. The lowest BCUT2D eigenvalue weighted by molar-refractivity contribution is 0.0886. The van der Waals surface area contributed by atoms with E-state index in [1.807, 2.05) is 18.2 Å². The van der Waals surface area contributed by atoms with Crippen molar-refractivity contribution in [2.24, 2.45) is 0 Å². The zero-order valence-corrected chi connectivity index (χ0v) is 18.7. The van der Waals surface area contributed by atoms with Crippen molar-refractivity contribution in [3.05, 3.63) is 63.0 Å². The lowest BCUT2D eigenvalue weighted by Crippen LogP contribution is -2.48. The summed E-state index contributed by atoms with van der Waals surface area (Å²) in [6.45, 7) is 6.27. The van der Waals surface area contributed by atoms with Gasteiger partial charge in [0.2, 0.25) is 0 Å². The Morgan fingerprint density at radius 3 is 2.73 bits per heavy atom. The van der Waals surface area contributed by atoms with Crippen molar-refractivity contribution in [1.29, 1.82) is 0 Å². The second kappa shape index (κ2) is 9.31. The molecule has 0 radical (unpaired) electrons. The van der Waals surface area contributed by atoms with Crippen LogP contribution >= 0.6 is 22.9 Å². The molecule has 0 aliphatic carbocycles. The highest BCUT2D eigenvalue weighted by molar-refractivity contribution is 7.08. The molecule has 3 aromatic rings. The van der Waals surface area contributed by atoms with Gasteiger partial charge in [0.05, 0.1) is 11.1 Å². The maximum Gasteiger partial charge on any atom is 0.257 e. The van der Waals surface area contributed by atoms with Crippen LogP contribution in [0.3, 0.4) is 0 Å². The van der Waals surface area contributed by atoms with E-state index in [-0.39, 0.29) is 11.9 Å². The summed E-state index contributed by atoms with van der Waals surface area (Å²) in [5, 5.41) is 12.0. The molecule has 1 aliphatic heterocycles. The molecule has 158 valence electrons. The maximum atomic E-state index is 13.2. The van der Waals surface area contributed by atoms with Crippen LogP contribution in [0.2, 0.25) is 5.02 Å². The zero-order valence-electron chi connectivity index (χ0n) is 17.1. The van der Waals surface area contributed by atoms with Gasteiger partial charge in [0, 0.05) is 38.3 Å². The minimum atomic E-state index is -0.196. The molecule has 1 fully saturated rings. The monoisotopic (exact) mass is 444 g/mol. The van der Waals surface area contributed by atoms with Gasteiger partial charge in [-0.1, -0.05) is 35.0 Å². The molecule has 1 saturated heterocycles. The number of hydrogen-bond acceptors (Lipinski definition) is 6. The van der Waals surface area contributed by atoms with Gasteiger partial charge in [-0.15, -0.1) is 0 Å². The third-order valence-electron chi connectivity index (χ3n) is 5.58. The standard InChI is InChI=1S/C22H25ClN4O2S/c1-15-20(21(25-29-15)17-5-3-4-6-18(17)23)22(28)24-13-19(16-7-12-30-14-16)27-10-8-26(2)9-11-27/h3-7,12,14,19H,8-11,13H2,1-2H3,(H,24,28). The van der Waals surface area contributed by atoms with Crippen LogP contribution in [0.4, 0.5) is 0 Å². The number of thiophene rings is 1. The van der Waals surface area contributed by atoms with Gasteiger partial charge >= 0.3 is 0 Å². The van der Waals surface area contributed by atoms with Crippen LogP contribution in [0.1, 0.15) is 27.7 Å². The van der Waals surface area contributed by atoms with Crippen LogP contribution in [0.5, 0.6) is 0 Å². The lowest BCUT2D eigenvalue weighted by Gasteiger charge is -2.38. The van der Waals surface area contributed by atoms with E-state index in [4.69, 9.17) is 16.1 Å². The summed E-state index contributed by atoms with van der Waals surface area (Å²) >= 11 is 8.01. The Hall–Kier alpha value is -2.19. The Bertz CT molecular complexity index is 996. The number of aromatic nitrogens is 1. The maximum absolute atomic E-state index is 13.2. The molecule has 30 heavy (non-hydrogen) atoms. The highest BCUT2D eigenvalue weighted by Gasteiger charge is 2.27. The summed E-state index contributed by atoms with van der Waals surface area (Å²) < 4.78 is 5.35. The molecule has 1 atom stereocenters. The Balaban J connectivity index is 1.54. The van der Waals surface area contributed by atoms with E-state index in [9.17, 15) is 4.79 Å². The number of hydrogen-bond donors (Lipinski definition) is 1. The Morgan fingerprint density at radius 2 is 2.03 bits per heavy atom. The predicted octanol–water partition coefficient (Wildman–Crippen LogP) is 4.08. The number of amides is 1. The fourth-order valence-corrected chi connectivity index (χ4v) is 4.74. The summed E-state index contributed by atoms with van der Waals surface area (Å²) in [5.41, 5.74) is 2.83. The average Bonchev–Trinajstić information content (AvgIpc) is 3.40. The van der Waals surface area contributed by atoms with Crippen molar-refractivity contribution >= 4 is 28.8 Å². The summed E-state index contributed by atoms with van der Waals surface area (Å²) in [6, 6.07) is 9.61. The number of nitrogens with one attached hydrogen (secondary N) is 1. The van der Waals surface area contributed by atoms with Gasteiger partial charge in [0.25, 0.3) is 5.91 Å². The smallest absolute Gasteiger partial charge is 0.257 e. The molecule has 1 aromatic carbocycles. The molecule has 1 amide bonds. The number of carbonyl (C=O) groups is 1. The number of aryl methyl sites for hydroxylation is 1. The number of nitrogens with zero attached hydrogens (tertiary/aromatic N) is 3. The largest absolute Gasteiger partial charge is 0.360 e. The molecular weight excluding hydrogens is 420 g/mol. The third kappa shape index (κ3) is 4.44. The SMILES string of the molecule is Cc1onc(-c2ccccc2Cl)c1C(=O)NCC(c1ccsc1)N1CCN(C)CC1. The number of likely N-dealkylation sites (N-methyl/N-ethyl adjacent to an activating group) is 1. The van der Waals surface area contributed by atoms with E-state index in [1.165, 1.54) is 5.56 Å². The third-order valence-corrected chi connectivity index (χ3v) is 6.61. The molecule has 8 heteroatoms. The highest BCUT2D eigenvalue weighted by Crippen LogP contribution is 2.31. The fourth-order valence-electron chi connectivity index (χ4n) is 3.81. The van der Waals surface area contributed by atoms with E-state index in [0.717, 1.165) is 26.2 Å². The van der Waals surface area contributed by atoms with Crippen LogP contribution in [-0.4, -0.2) is 60.6 Å². The Morgan fingerprint density at radius 1 is 1.27 bits per heavy atom. The number of halogens is 1. The normalized spacial score (nSPS) is 16.5. The van der Waals surface area contributed by atoms with Gasteiger partial charge in [-0.05, 0) is 42.4 Å². The topological polar surface area (TPSA) is 61.6 Å². The molecule has 1 unspecified atom stereocenters. The molecule has 3 heterocycles. The predicted molar refractivity (Wildman–Crippen MR) is 120 cm³/mol. The van der Waals surface area contributed by atoms with E-state index in [1.54, 1.807) is 24.3 Å². The van der Waals surface area contributed by atoms with Gasteiger partial charge in [-0.3, -0.25) is 9.69 Å². The summed E-state index contributed by atoms with van der Waals surface area (Å²) in [7, 11) is 2.14. The number of carbonyl (C=O) groups excluding carboxylic acids is 1. The van der Waals surface area contributed by atoms with Crippen LogP contribution < -0.4 is 5.32 Å². The molecule has 2 aromatic heterocycles. The summed E-state index contributed by atoms with van der Waals surface area (Å²) in [5.74, 6) is 0.284. The van der Waals surface area contributed by atoms with E-state index >= 15 is 0 Å². The molecular formula is C22H25ClN4O2S. The van der Waals surface area contributed by atoms with Crippen molar-refractivity contribution in [1.82, 2.24) is 20.3 Å². The van der Waals surface area contributed by atoms with Gasteiger partial charge in [0.15, 0.2) is 0 Å². The quantitative estimate of drug-likeness (QED) is 0.620. The van der Waals surface area contributed by atoms with Gasteiger partial charge in [-0.2, -0.15) is 11.3 Å². The molecule has 6 nitrogen and oxygen atoms in total. The van der Waals surface area contributed by atoms with Crippen LogP contribution in [0.15, 0.2) is 45.6 Å². The number of piperazine rings is 1. The van der Waals surface area contributed by atoms with Crippen LogP contribution in [0.25, 0.3) is 11.3 Å². The minimum absolute atomic E-state index is 0.137. The first kappa shape index (κ1) is 21.1. The molecule has 0 bridgehead atoms. The van der Waals surface area contributed by atoms with Gasteiger partial charge in [-0.25, -0.2) is 0 Å². The summed E-state index contributed by atoms with van der Waals surface area (Å²) in [6.07, 6.45) is 0. The zero-order chi connectivity index (χ0) is 21.1. The Labute approximate surface area is 185 Å². The molecule has 1 N–H and O–H groups in total. The van der Waals surface area contributed by atoms with E-state index < -0.39 is 0 Å². The first-order valence-electron chi connectivity index (χ1n) is 9.98. The van der Waals surface area contributed by atoms with Crippen molar-refractivity contribution in [2.45, 2.75) is 13.0 Å². The molecule has 0 saturated carbocycles. The molecule has 0 spiro atoms. The van der Waals surface area contributed by atoms with E-state index in [0.29, 0.717) is 34.1 Å². The Kier molecular flexibility index (Phi) is 6.53. The first-order chi connectivity index (χ1) is 14.5. The molecule has 1 aliphatic rings. The highest BCUT2D eigenvalue weighted by atomic mass is 35.5. The van der Waals surface area contributed by atoms with E-state index in [2.05, 4.69) is 44.1 Å². The fraction of sp³-hybridized carbons (Fsp3) is 0.364. The molecule has 4 rings (SSSR count). The van der Waals surface area contributed by atoms with Crippen molar-refractivity contribution in [3.8, 4) is 11.3 Å². The van der Waals surface area contributed by atoms with Gasteiger partial charge < -0.3 is 14.7 Å². The van der Waals surface area contributed by atoms with Crippen molar-refractivity contribution < 1.29 is 9.32 Å². The second-order valence-corrected chi connectivity index (χ2v) is 8.75. The van der Waals surface area contributed by atoms with Crippen LogP contribution in [0, 0.1) is 6.92 Å². The van der Waals surface area contributed by atoms with Gasteiger partial charge in [0.1, 0.15) is 17.0 Å². The van der Waals surface area contributed by atoms with Crippen molar-refractivity contribution in [3.63, 3.8) is 0 Å². The number of benzene rings is 1. The van der Waals surface area contributed by atoms with Crippen molar-refractivity contribution in [2.75, 3.05) is 39.8 Å². The minimum Gasteiger partial charge on any atom is -0.360 e. The average molecular weight is 445 g/mol.